The Morgan fingerprint density at radius 1 is 1.14 bits per heavy atom. The summed E-state index contributed by atoms with van der Waals surface area (Å²) in [6.45, 7) is 2.63. The highest BCUT2D eigenvalue weighted by atomic mass is 35.5. The Balaban J connectivity index is 1.57. The summed E-state index contributed by atoms with van der Waals surface area (Å²) in [7, 11) is 1.87. The van der Waals surface area contributed by atoms with E-state index in [1.165, 1.54) is 0 Å². The molecule has 120 valence electrons. The van der Waals surface area contributed by atoms with Crippen LogP contribution >= 0.6 is 11.6 Å². The van der Waals surface area contributed by atoms with Crippen LogP contribution in [0, 0.1) is 5.92 Å². The minimum Gasteiger partial charge on any atom is -0.388 e. The minimum atomic E-state index is -0.443. The molecule has 0 aromatic heterocycles. The van der Waals surface area contributed by atoms with E-state index in [2.05, 4.69) is 4.90 Å². The molecule has 1 N–H and O–H groups in total. The fourth-order valence-electron chi connectivity index (χ4n) is 3.62. The number of carbonyl (C=O) groups is 1. The van der Waals surface area contributed by atoms with E-state index in [-0.39, 0.29) is 17.9 Å². The molecule has 0 bridgehead atoms. The minimum absolute atomic E-state index is 0.0543. The second kappa shape index (κ2) is 6.57. The van der Waals surface area contributed by atoms with E-state index in [4.69, 9.17) is 11.6 Å². The van der Waals surface area contributed by atoms with Gasteiger partial charge in [0.15, 0.2) is 0 Å². The van der Waals surface area contributed by atoms with Crippen molar-refractivity contribution in [1.82, 2.24) is 9.80 Å². The summed E-state index contributed by atoms with van der Waals surface area (Å²) in [5.41, 5.74) is 0.930. The normalized spacial score (nSPS) is 25.7. The molecule has 1 aromatic carbocycles. The highest BCUT2D eigenvalue weighted by Gasteiger charge is 2.36. The first-order chi connectivity index (χ1) is 10.6. The zero-order valence-corrected chi connectivity index (χ0v) is 13.7. The van der Waals surface area contributed by atoms with E-state index in [1.54, 1.807) is 0 Å². The lowest BCUT2D eigenvalue weighted by Gasteiger charge is -2.36. The van der Waals surface area contributed by atoms with E-state index in [9.17, 15) is 9.90 Å². The molecule has 0 radical (unpaired) electrons. The molecule has 2 saturated heterocycles. The molecule has 5 heteroatoms. The van der Waals surface area contributed by atoms with Crippen LogP contribution in [0.15, 0.2) is 24.3 Å². The molecule has 22 heavy (non-hydrogen) atoms. The average molecular weight is 323 g/mol. The summed E-state index contributed by atoms with van der Waals surface area (Å²) in [5, 5.41) is 11.2. The van der Waals surface area contributed by atoms with Gasteiger partial charge in [0.2, 0.25) is 5.91 Å². The van der Waals surface area contributed by atoms with E-state index in [1.807, 2.05) is 36.2 Å². The van der Waals surface area contributed by atoms with Gasteiger partial charge in [-0.3, -0.25) is 9.69 Å². The van der Waals surface area contributed by atoms with Gasteiger partial charge in [-0.15, -0.1) is 0 Å². The average Bonchev–Trinajstić information content (AvgIpc) is 2.87. The molecule has 2 aliphatic heterocycles. The van der Waals surface area contributed by atoms with Crippen molar-refractivity contribution in [3.8, 4) is 0 Å². The van der Waals surface area contributed by atoms with Crippen LogP contribution in [0.5, 0.6) is 0 Å². The Hall–Kier alpha value is -1.10. The molecule has 2 aliphatic rings. The number of hydrogen-bond donors (Lipinski definition) is 1. The lowest BCUT2D eigenvalue weighted by atomic mass is 9.87. The molecular weight excluding hydrogens is 300 g/mol. The van der Waals surface area contributed by atoms with Crippen LogP contribution in [0.3, 0.4) is 0 Å². The number of carbonyl (C=O) groups excluding carboxylic acids is 1. The monoisotopic (exact) mass is 322 g/mol. The van der Waals surface area contributed by atoms with Gasteiger partial charge < -0.3 is 10.0 Å². The lowest BCUT2D eigenvalue weighted by Crippen LogP contribution is -2.46. The Morgan fingerprint density at radius 3 is 2.32 bits per heavy atom. The van der Waals surface area contributed by atoms with Crippen LogP contribution in [0.25, 0.3) is 0 Å². The van der Waals surface area contributed by atoms with Crippen LogP contribution in [-0.4, -0.2) is 53.5 Å². The Kier molecular flexibility index (Phi) is 4.71. The molecule has 3 rings (SSSR count). The van der Waals surface area contributed by atoms with Crippen molar-refractivity contribution in [2.45, 2.75) is 31.4 Å². The van der Waals surface area contributed by atoms with Gasteiger partial charge in [-0.2, -0.15) is 0 Å². The topological polar surface area (TPSA) is 43.8 Å². The number of likely N-dealkylation sites (N-methyl/N-ethyl adjacent to an activating group) is 1. The molecule has 2 atom stereocenters. The van der Waals surface area contributed by atoms with Crippen LogP contribution in [-0.2, 0) is 4.79 Å². The molecule has 2 unspecified atom stereocenters. The zero-order chi connectivity index (χ0) is 15.7. The van der Waals surface area contributed by atoms with Crippen LogP contribution in [0.2, 0.25) is 5.02 Å². The summed E-state index contributed by atoms with van der Waals surface area (Å²) in [5.74, 6) is 0.503. The number of amides is 1. The van der Waals surface area contributed by atoms with Gasteiger partial charge >= 0.3 is 0 Å². The van der Waals surface area contributed by atoms with Gasteiger partial charge in [-0.05, 0) is 56.0 Å². The third kappa shape index (κ3) is 3.14. The summed E-state index contributed by atoms with van der Waals surface area (Å²) in [6.07, 6.45) is 2.34. The molecule has 0 spiro atoms. The molecular formula is C17H23ClN2O2. The van der Waals surface area contributed by atoms with Crippen LogP contribution in [0.4, 0.5) is 0 Å². The van der Waals surface area contributed by atoms with Crippen molar-refractivity contribution in [2.24, 2.45) is 5.92 Å². The first kappa shape index (κ1) is 15.8. The number of hydrogen-bond acceptors (Lipinski definition) is 3. The van der Waals surface area contributed by atoms with E-state index in [0.29, 0.717) is 5.02 Å². The fourth-order valence-corrected chi connectivity index (χ4v) is 3.75. The Labute approximate surface area is 136 Å². The summed E-state index contributed by atoms with van der Waals surface area (Å²) in [6, 6.07) is 7.49. The highest BCUT2D eigenvalue weighted by molar-refractivity contribution is 6.30. The summed E-state index contributed by atoms with van der Waals surface area (Å²) < 4.78 is 0. The number of halogens is 1. The van der Waals surface area contributed by atoms with Crippen molar-refractivity contribution >= 4 is 17.5 Å². The quantitative estimate of drug-likeness (QED) is 0.928. The molecule has 0 aliphatic carbocycles. The van der Waals surface area contributed by atoms with Gasteiger partial charge in [0, 0.05) is 18.6 Å². The Morgan fingerprint density at radius 2 is 1.77 bits per heavy atom. The van der Waals surface area contributed by atoms with Gasteiger partial charge in [0.25, 0.3) is 0 Å². The first-order valence-electron chi connectivity index (χ1n) is 7.99. The van der Waals surface area contributed by atoms with Crippen LogP contribution in [0.1, 0.15) is 30.9 Å². The predicted molar refractivity (Wildman–Crippen MR) is 86.8 cm³/mol. The SMILES string of the molecule is CN1CCC(N2CCC(C(O)c3ccc(Cl)cc3)CC2)C1=O. The van der Waals surface area contributed by atoms with Crippen molar-refractivity contribution in [3.63, 3.8) is 0 Å². The van der Waals surface area contributed by atoms with Gasteiger partial charge in [0.05, 0.1) is 12.1 Å². The fraction of sp³-hybridized carbons (Fsp3) is 0.588. The van der Waals surface area contributed by atoms with Crippen LogP contribution < -0.4 is 0 Å². The number of rotatable bonds is 3. The summed E-state index contributed by atoms with van der Waals surface area (Å²) >= 11 is 5.90. The predicted octanol–water partition coefficient (Wildman–Crippen LogP) is 2.32. The van der Waals surface area contributed by atoms with Crippen molar-refractivity contribution in [1.29, 1.82) is 0 Å². The zero-order valence-electron chi connectivity index (χ0n) is 12.9. The molecule has 2 heterocycles. The van der Waals surface area contributed by atoms with Gasteiger partial charge in [-0.25, -0.2) is 0 Å². The number of piperidine rings is 1. The number of nitrogens with zero attached hydrogens (tertiary/aromatic N) is 2. The number of likely N-dealkylation sites (tertiary alicyclic amines) is 2. The van der Waals surface area contributed by atoms with Gasteiger partial charge in [0.1, 0.15) is 0 Å². The third-order valence-corrected chi connectivity index (χ3v) is 5.32. The first-order valence-corrected chi connectivity index (χ1v) is 8.36. The molecule has 2 fully saturated rings. The second-order valence-electron chi connectivity index (χ2n) is 6.43. The number of aliphatic hydroxyl groups excluding tert-OH is 1. The molecule has 1 amide bonds. The highest BCUT2D eigenvalue weighted by Crippen LogP contribution is 2.32. The van der Waals surface area contributed by atoms with E-state index in [0.717, 1.165) is 44.5 Å². The van der Waals surface area contributed by atoms with Crippen molar-refractivity contribution in [3.05, 3.63) is 34.9 Å². The number of aliphatic hydroxyl groups is 1. The number of benzene rings is 1. The standard InChI is InChI=1S/C17H23ClN2O2/c1-19-9-8-15(17(19)22)20-10-6-13(7-11-20)16(21)12-2-4-14(18)5-3-12/h2-5,13,15-16,21H,6-11H2,1H3. The second-order valence-corrected chi connectivity index (χ2v) is 6.87. The van der Waals surface area contributed by atoms with E-state index >= 15 is 0 Å². The molecule has 1 aromatic rings. The maximum absolute atomic E-state index is 12.1. The summed E-state index contributed by atoms with van der Waals surface area (Å²) in [4.78, 5) is 16.2. The molecule has 0 saturated carbocycles. The van der Waals surface area contributed by atoms with E-state index < -0.39 is 6.10 Å². The van der Waals surface area contributed by atoms with Gasteiger partial charge in [-0.1, -0.05) is 23.7 Å². The maximum atomic E-state index is 12.1. The molecule has 4 nitrogen and oxygen atoms in total. The van der Waals surface area contributed by atoms with Crippen molar-refractivity contribution in [2.75, 3.05) is 26.7 Å². The third-order valence-electron chi connectivity index (χ3n) is 5.07. The maximum Gasteiger partial charge on any atom is 0.239 e. The van der Waals surface area contributed by atoms with Crippen molar-refractivity contribution < 1.29 is 9.90 Å². The lowest BCUT2D eigenvalue weighted by molar-refractivity contribution is -0.131. The smallest absolute Gasteiger partial charge is 0.239 e. The Bertz CT molecular complexity index is 526. The largest absolute Gasteiger partial charge is 0.388 e.